The standard InChI is InChI=1S/C14H21N3OS.2ClH/c1-9-15-7-13(19-9)8-16-14(18)6-10-4-11-2-3-12(5-10)17-11;;/h7,10-12,17H,2-6,8H2,1H3,(H,16,18);2*1H. The number of fused-ring (bicyclic) bond motifs is 2. The monoisotopic (exact) mass is 351 g/mol. The fourth-order valence-corrected chi connectivity index (χ4v) is 4.08. The number of amides is 1. The Hall–Kier alpha value is -0.360. The zero-order chi connectivity index (χ0) is 13.2. The van der Waals surface area contributed by atoms with Crippen LogP contribution >= 0.6 is 36.2 Å². The number of thiazole rings is 1. The van der Waals surface area contributed by atoms with Gasteiger partial charge in [0, 0.05) is 29.6 Å². The minimum absolute atomic E-state index is 0. The van der Waals surface area contributed by atoms with Gasteiger partial charge in [0.2, 0.25) is 5.91 Å². The van der Waals surface area contributed by atoms with Crippen molar-refractivity contribution >= 4 is 42.1 Å². The number of carbonyl (C=O) groups excluding carboxylic acids is 1. The predicted octanol–water partition coefficient (Wildman–Crippen LogP) is 2.83. The molecule has 0 radical (unpaired) electrons. The molecule has 2 bridgehead atoms. The summed E-state index contributed by atoms with van der Waals surface area (Å²) in [6, 6.07) is 1.33. The Bertz CT molecular complexity index is 457. The summed E-state index contributed by atoms with van der Waals surface area (Å²) in [4.78, 5) is 17.3. The highest BCUT2D eigenvalue weighted by Crippen LogP contribution is 2.32. The molecule has 0 saturated carbocycles. The van der Waals surface area contributed by atoms with Crippen LogP contribution in [0.4, 0.5) is 0 Å². The van der Waals surface area contributed by atoms with E-state index in [1.807, 2.05) is 13.1 Å². The molecule has 120 valence electrons. The maximum atomic E-state index is 12.0. The van der Waals surface area contributed by atoms with E-state index in [0.717, 1.165) is 9.88 Å². The van der Waals surface area contributed by atoms with Crippen LogP contribution in [-0.2, 0) is 11.3 Å². The molecule has 3 heterocycles. The van der Waals surface area contributed by atoms with Crippen LogP contribution in [0.15, 0.2) is 6.20 Å². The molecule has 2 unspecified atom stereocenters. The van der Waals surface area contributed by atoms with Crippen molar-refractivity contribution in [2.45, 2.75) is 57.7 Å². The van der Waals surface area contributed by atoms with Gasteiger partial charge >= 0.3 is 0 Å². The van der Waals surface area contributed by atoms with Crippen LogP contribution in [0.25, 0.3) is 0 Å². The van der Waals surface area contributed by atoms with Gasteiger partial charge in [-0.25, -0.2) is 4.98 Å². The van der Waals surface area contributed by atoms with Crippen molar-refractivity contribution in [2.24, 2.45) is 5.92 Å². The topological polar surface area (TPSA) is 54.0 Å². The van der Waals surface area contributed by atoms with Crippen LogP contribution in [0.3, 0.4) is 0 Å². The molecule has 1 amide bonds. The highest BCUT2D eigenvalue weighted by Gasteiger charge is 2.34. The Balaban J connectivity index is 0.00000110. The highest BCUT2D eigenvalue weighted by atomic mass is 35.5. The minimum atomic E-state index is 0. The fourth-order valence-electron chi connectivity index (χ4n) is 3.35. The van der Waals surface area contributed by atoms with Crippen molar-refractivity contribution < 1.29 is 4.79 Å². The maximum absolute atomic E-state index is 12.0. The summed E-state index contributed by atoms with van der Waals surface area (Å²) in [5, 5.41) is 7.69. The van der Waals surface area contributed by atoms with Gasteiger partial charge in [-0.05, 0) is 38.5 Å². The van der Waals surface area contributed by atoms with Crippen LogP contribution in [0, 0.1) is 12.8 Å². The number of halogens is 2. The summed E-state index contributed by atoms with van der Waals surface area (Å²) in [6.07, 6.45) is 7.47. The molecule has 2 saturated heterocycles. The summed E-state index contributed by atoms with van der Waals surface area (Å²) in [5.41, 5.74) is 0. The third kappa shape index (κ3) is 5.09. The molecule has 0 aromatic carbocycles. The first kappa shape index (κ1) is 18.7. The van der Waals surface area contributed by atoms with Crippen molar-refractivity contribution in [3.63, 3.8) is 0 Å². The second-order valence-electron chi connectivity index (χ2n) is 5.80. The molecular weight excluding hydrogens is 329 g/mol. The number of hydrogen-bond acceptors (Lipinski definition) is 4. The first-order valence-corrected chi connectivity index (χ1v) is 7.95. The van der Waals surface area contributed by atoms with Gasteiger partial charge in [-0.1, -0.05) is 0 Å². The average molecular weight is 352 g/mol. The molecule has 2 N–H and O–H groups in total. The van der Waals surface area contributed by atoms with Gasteiger partial charge in [-0.15, -0.1) is 36.2 Å². The molecule has 2 fully saturated rings. The van der Waals surface area contributed by atoms with Crippen LogP contribution in [0.5, 0.6) is 0 Å². The van der Waals surface area contributed by atoms with Crippen molar-refractivity contribution in [1.29, 1.82) is 0 Å². The molecule has 0 spiro atoms. The lowest BCUT2D eigenvalue weighted by Gasteiger charge is -2.28. The number of nitrogens with zero attached hydrogens (tertiary/aromatic N) is 1. The number of piperidine rings is 1. The van der Waals surface area contributed by atoms with Crippen molar-refractivity contribution in [3.05, 3.63) is 16.1 Å². The van der Waals surface area contributed by atoms with Crippen molar-refractivity contribution in [3.8, 4) is 0 Å². The van der Waals surface area contributed by atoms with E-state index in [0.29, 0.717) is 31.0 Å². The van der Waals surface area contributed by atoms with E-state index in [2.05, 4.69) is 15.6 Å². The van der Waals surface area contributed by atoms with Gasteiger partial charge in [-0.2, -0.15) is 0 Å². The van der Waals surface area contributed by atoms with E-state index in [1.54, 1.807) is 11.3 Å². The molecule has 21 heavy (non-hydrogen) atoms. The third-order valence-electron chi connectivity index (χ3n) is 4.17. The van der Waals surface area contributed by atoms with Gasteiger partial charge in [0.15, 0.2) is 0 Å². The molecule has 2 atom stereocenters. The first-order chi connectivity index (χ1) is 9.19. The summed E-state index contributed by atoms with van der Waals surface area (Å²) < 4.78 is 0. The Morgan fingerprint density at radius 3 is 2.62 bits per heavy atom. The Morgan fingerprint density at radius 1 is 1.38 bits per heavy atom. The molecule has 0 aliphatic carbocycles. The lowest BCUT2D eigenvalue weighted by atomic mass is 9.89. The molecule has 7 heteroatoms. The second-order valence-corrected chi connectivity index (χ2v) is 7.12. The van der Waals surface area contributed by atoms with E-state index in [1.165, 1.54) is 25.7 Å². The average Bonchev–Trinajstić information content (AvgIpc) is 2.93. The summed E-state index contributed by atoms with van der Waals surface area (Å²) in [7, 11) is 0. The number of carbonyl (C=O) groups is 1. The molecule has 1 aromatic heterocycles. The van der Waals surface area contributed by atoms with Crippen LogP contribution < -0.4 is 10.6 Å². The zero-order valence-electron chi connectivity index (χ0n) is 12.1. The largest absolute Gasteiger partial charge is 0.351 e. The van der Waals surface area contributed by atoms with Gasteiger partial charge in [0.1, 0.15) is 0 Å². The fraction of sp³-hybridized carbons (Fsp3) is 0.714. The normalized spacial score (nSPS) is 26.6. The van der Waals surface area contributed by atoms with Gasteiger partial charge < -0.3 is 10.6 Å². The first-order valence-electron chi connectivity index (χ1n) is 7.13. The van der Waals surface area contributed by atoms with E-state index in [4.69, 9.17) is 0 Å². The Kier molecular flexibility index (Phi) is 7.40. The second kappa shape index (κ2) is 8.32. The number of hydrogen-bond donors (Lipinski definition) is 2. The highest BCUT2D eigenvalue weighted by molar-refractivity contribution is 7.11. The Labute approximate surface area is 142 Å². The van der Waals surface area contributed by atoms with Crippen molar-refractivity contribution in [2.75, 3.05) is 0 Å². The van der Waals surface area contributed by atoms with Gasteiger partial charge in [0.25, 0.3) is 0 Å². The zero-order valence-corrected chi connectivity index (χ0v) is 14.6. The van der Waals surface area contributed by atoms with Crippen LogP contribution in [-0.4, -0.2) is 23.0 Å². The number of aryl methyl sites for hydroxylation is 1. The summed E-state index contributed by atoms with van der Waals surface area (Å²) in [6.45, 7) is 2.61. The molecular formula is C14H23Cl2N3OS. The van der Waals surface area contributed by atoms with Crippen LogP contribution in [0.1, 0.15) is 42.0 Å². The molecule has 3 rings (SSSR count). The van der Waals surface area contributed by atoms with E-state index in [-0.39, 0.29) is 30.7 Å². The summed E-state index contributed by atoms with van der Waals surface area (Å²) in [5.74, 6) is 0.763. The summed E-state index contributed by atoms with van der Waals surface area (Å²) >= 11 is 1.65. The lowest BCUT2D eigenvalue weighted by molar-refractivity contribution is -0.122. The van der Waals surface area contributed by atoms with Crippen molar-refractivity contribution in [1.82, 2.24) is 15.6 Å². The predicted molar refractivity (Wildman–Crippen MR) is 90.5 cm³/mol. The van der Waals surface area contributed by atoms with E-state index < -0.39 is 0 Å². The molecule has 4 nitrogen and oxygen atoms in total. The molecule has 2 aliphatic rings. The van der Waals surface area contributed by atoms with Gasteiger partial charge in [0.05, 0.1) is 11.6 Å². The van der Waals surface area contributed by atoms with E-state index >= 15 is 0 Å². The smallest absolute Gasteiger partial charge is 0.220 e. The molecule has 1 aromatic rings. The van der Waals surface area contributed by atoms with Crippen LogP contribution in [0.2, 0.25) is 0 Å². The third-order valence-corrected chi connectivity index (χ3v) is 5.09. The number of nitrogens with one attached hydrogen (secondary N) is 2. The van der Waals surface area contributed by atoms with Gasteiger partial charge in [-0.3, -0.25) is 4.79 Å². The Morgan fingerprint density at radius 2 is 2.05 bits per heavy atom. The maximum Gasteiger partial charge on any atom is 0.220 e. The van der Waals surface area contributed by atoms with E-state index in [9.17, 15) is 4.79 Å². The minimum Gasteiger partial charge on any atom is -0.351 e. The lowest BCUT2D eigenvalue weighted by Crippen LogP contribution is -2.39. The molecule has 2 aliphatic heterocycles. The number of aromatic nitrogens is 1. The number of rotatable bonds is 4. The quantitative estimate of drug-likeness (QED) is 0.876. The SMILES string of the molecule is Cc1ncc(CNC(=O)CC2CC3CCC(C2)N3)s1.Cl.Cl.